The zero-order valence-electron chi connectivity index (χ0n) is 17.1. The van der Waals surface area contributed by atoms with Gasteiger partial charge in [-0.05, 0) is 36.6 Å². The summed E-state index contributed by atoms with van der Waals surface area (Å²) in [5.41, 5.74) is 1.45. The van der Waals surface area contributed by atoms with Gasteiger partial charge in [-0.25, -0.2) is 8.42 Å². The molecule has 4 rings (SSSR count). The second-order valence-corrected chi connectivity index (χ2v) is 10.7. The number of hydrogen-bond acceptors (Lipinski definition) is 5. The van der Waals surface area contributed by atoms with Gasteiger partial charge >= 0.3 is 0 Å². The maximum Gasteiger partial charge on any atom is 0.243 e. The summed E-state index contributed by atoms with van der Waals surface area (Å²) in [6, 6.07) is 14.4. The predicted molar refractivity (Wildman–Crippen MR) is 120 cm³/mol. The smallest absolute Gasteiger partial charge is 0.243 e. The van der Waals surface area contributed by atoms with Crippen LogP contribution < -0.4 is 10.2 Å². The Morgan fingerprint density at radius 3 is 2.55 bits per heavy atom. The second kappa shape index (κ2) is 9.42. The lowest BCUT2D eigenvalue weighted by atomic mass is 10.2. The van der Waals surface area contributed by atoms with Gasteiger partial charge in [0.15, 0.2) is 0 Å². The van der Waals surface area contributed by atoms with Gasteiger partial charge in [-0.15, -0.1) is 11.8 Å². The number of sulfonamides is 1. The molecule has 1 fully saturated rings. The molecule has 2 heterocycles. The van der Waals surface area contributed by atoms with Crippen molar-refractivity contribution in [2.75, 3.05) is 30.3 Å². The van der Waals surface area contributed by atoms with Crippen LogP contribution in [0.1, 0.15) is 24.8 Å². The lowest BCUT2D eigenvalue weighted by Crippen LogP contribution is -2.40. The molecule has 0 saturated carbocycles. The van der Waals surface area contributed by atoms with Crippen molar-refractivity contribution in [2.24, 2.45) is 0 Å². The maximum atomic E-state index is 13.0. The molecule has 164 valence electrons. The van der Waals surface area contributed by atoms with Crippen LogP contribution in [0, 0.1) is 0 Å². The molecule has 0 radical (unpaired) electrons. The van der Waals surface area contributed by atoms with Crippen LogP contribution in [0.5, 0.6) is 0 Å². The van der Waals surface area contributed by atoms with Gasteiger partial charge in [0.1, 0.15) is 6.54 Å². The molecule has 2 aromatic carbocycles. The Morgan fingerprint density at radius 2 is 1.81 bits per heavy atom. The van der Waals surface area contributed by atoms with E-state index in [4.69, 9.17) is 0 Å². The molecule has 7 nitrogen and oxygen atoms in total. The summed E-state index contributed by atoms with van der Waals surface area (Å²) in [5, 5.41) is 2.84. The first-order valence-corrected chi connectivity index (χ1v) is 12.8. The van der Waals surface area contributed by atoms with Crippen molar-refractivity contribution in [3.05, 3.63) is 54.1 Å². The number of amides is 2. The number of carbonyl (C=O) groups is 2. The molecule has 0 spiro atoms. The molecule has 0 aliphatic carbocycles. The maximum absolute atomic E-state index is 13.0. The van der Waals surface area contributed by atoms with Crippen molar-refractivity contribution < 1.29 is 18.0 Å². The molecule has 31 heavy (non-hydrogen) atoms. The third kappa shape index (κ3) is 4.94. The molecule has 0 unspecified atom stereocenters. The lowest BCUT2D eigenvalue weighted by molar-refractivity contribution is -0.123. The van der Waals surface area contributed by atoms with E-state index in [-0.39, 0.29) is 23.3 Å². The number of fused-ring (bicyclic) bond motifs is 1. The third-order valence-corrected chi connectivity index (χ3v) is 8.39. The van der Waals surface area contributed by atoms with E-state index >= 15 is 0 Å². The molecular formula is C22H25N3O4S2. The number of benzene rings is 2. The number of nitrogens with one attached hydrogen (secondary N) is 1. The van der Waals surface area contributed by atoms with Gasteiger partial charge < -0.3 is 10.2 Å². The molecule has 1 N–H and O–H groups in total. The second-order valence-electron chi connectivity index (χ2n) is 7.58. The minimum atomic E-state index is -3.61. The van der Waals surface area contributed by atoms with E-state index in [1.54, 1.807) is 18.2 Å². The zero-order valence-corrected chi connectivity index (χ0v) is 18.8. The first-order chi connectivity index (χ1) is 14.9. The van der Waals surface area contributed by atoms with E-state index in [9.17, 15) is 18.0 Å². The van der Waals surface area contributed by atoms with E-state index in [2.05, 4.69) is 5.32 Å². The highest BCUT2D eigenvalue weighted by Gasteiger charge is 2.30. The fourth-order valence-corrected chi connectivity index (χ4v) is 6.27. The van der Waals surface area contributed by atoms with Crippen molar-refractivity contribution in [1.29, 1.82) is 0 Å². The van der Waals surface area contributed by atoms with Crippen molar-refractivity contribution in [2.45, 2.75) is 35.6 Å². The standard InChI is InChI=1S/C22H25N3O4S2/c26-21(23-15-17-6-2-1-3-7-17)16-25-19-14-18(31(28,29)24-11-4-5-12-24)8-9-20(19)30-13-10-22(25)27/h1-3,6-9,14H,4-5,10-13,15-16H2,(H,23,26). The summed E-state index contributed by atoms with van der Waals surface area (Å²) < 4.78 is 27.5. The minimum absolute atomic E-state index is 0.146. The Hall–Kier alpha value is -2.36. The van der Waals surface area contributed by atoms with Crippen LogP contribution in [0.2, 0.25) is 0 Å². The molecular weight excluding hydrogens is 434 g/mol. The average molecular weight is 460 g/mol. The van der Waals surface area contributed by atoms with Crippen LogP contribution in [0.4, 0.5) is 5.69 Å². The van der Waals surface area contributed by atoms with E-state index < -0.39 is 10.0 Å². The number of nitrogens with zero attached hydrogens (tertiary/aromatic N) is 2. The molecule has 2 aliphatic rings. The Bertz CT molecular complexity index is 1070. The Morgan fingerprint density at radius 1 is 1.06 bits per heavy atom. The summed E-state index contributed by atoms with van der Waals surface area (Å²) in [7, 11) is -3.61. The normalized spacial score (nSPS) is 17.3. The number of hydrogen-bond donors (Lipinski definition) is 1. The summed E-state index contributed by atoms with van der Waals surface area (Å²) in [5.74, 6) is 0.117. The monoisotopic (exact) mass is 459 g/mol. The molecule has 0 aromatic heterocycles. The van der Waals surface area contributed by atoms with Gasteiger partial charge in [0.05, 0.1) is 10.6 Å². The van der Waals surface area contributed by atoms with Gasteiger partial charge in [0, 0.05) is 36.7 Å². The zero-order chi connectivity index (χ0) is 21.8. The highest BCUT2D eigenvalue weighted by Crippen LogP contribution is 2.36. The van der Waals surface area contributed by atoms with Crippen LogP contribution in [-0.2, 0) is 26.2 Å². The fourth-order valence-electron chi connectivity index (χ4n) is 3.76. The molecule has 0 bridgehead atoms. The first kappa shape index (κ1) is 21.9. The van der Waals surface area contributed by atoms with E-state index in [0.717, 1.165) is 23.3 Å². The minimum Gasteiger partial charge on any atom is -0.350 e. The highest BCUT2D eigenvalue weighted by molar-refractivity contribution is 7.99. The molecule has 2 aliphatic heterocycles. The predicted octanol–water partition coefficient (Wildman–Crippen LogP) is 2.62. The lowest BCUT2D eigenvalue weighted by Gasteiger charge is -2.24. The first-order valence-electron chi connectivity index (χ1n) is 10.3. The van der Waals surface area contributed by atoms with Crippen molar-refractivity contribution in [1.82, 2.24) is 9.62 Å². The quantitative estimate of drug-likeness (QED) is 0.718. The number of carbonyl (C=O) groups excluding carboxylic acids is 2. The van der Waals surface area contributed by atoms with Crippen molar-refractivity contribution >= 4 is 39.3 Å². The van der Waals surface area contributed by atoms with Crippen LogP contribution >= 0.6 is 11.8 Å². The van der Waals surface area contributed by atoms with E-state index in [0.29, 0.717) is 37.5 Å². The summed E-state index contributed by atoms with van der Waals surface area (Å²) in [6.45, 7) is 1.25. The Labute approximate surface area is 186 Å². The molecule has 2 amide bonds. The molecule has 9 heteroatoms. The molecule has 2 aromatic rings. The summed E-state index contributed by atoms with van der Waals surface area (Å²) in [6.07, 6.45) is 2.00. The fraction of sp³-hybridized carbons (Fsp3) is 0.364. The number of anilines is 1. The van der Waals surface area contributed by atoms with Gasteiger partial charge in [0.25, 0.3) is 0 Å². The number of rotatable bonds is 6. The van der Waals surface area contributed by atoms with Crippen LogP contribution in [0.3, 0.4) is 0 Å². The van der Waals surface area contributed by atoms with Crippen molar-refractivity contribution in [3.8, 4) is 0 Å². The topological polar surface area (TPSA) is 86.8 Å². The SMILES string of the molecule is O=C(CN1C(=O)CCSc2ccc(S(=O)(=O)N3CCCC3)cc21)NCc1ccccc1. The van der Waals surface area contributed by atoms with Crippen LogP contribution in [0.25, 0.3) is 0 Å². The van der Waals surface area contributed by atoms with Crippen molar-refractivity contribution in [3.63, 3.8) is 0 Å². The molecule has 0 atom stereocenters. The number of thioether (sulfide) groups is 1. The van der Waals surface area contributed by atoms with Crippen LogP contribution in [-0.4, -0.2) is 49.9 Å². The van der Waals surface area contributed by atoms with Gasteiger partial charge in [-0.3, -0.25) is 9.59 Å². The highest BCUT2D eigenvalue weighted by atomic mass is 32.2. The summed E-state index contributed by atoms with van der Waals surface area (Å²) >= 11 is 1.50. The van der Waals surface area contributed by atoms with Gasteiger partial charge in [-0.2, -0.15) is 4.31 Å². The van der Waals surface area contributed by atoms with E-state index in [1.165, 1.54) is 21.0 Å². The largest absolute Gasteiger partial charge is 0.350 e. The average Bonchev–Trinajstić information content (AvgIpc) is 3.28. The van der Waals surface area contributed by atoms with E-state index in [1.807, 2.05) is 30.3 Å². The third-order valence-electron chi connectivity index (χ3n) is 5.43. The van der Waals surface area contributed by atoms with Gasteiger partial charge in [0.2, 0.25) is 21.8 Å². The van der Waals surface area contributed by atoms with Gasteiger partial charge in [-0.1, -0.05) is 30.3 Å². The summed E-state index contributed by atoms with van der Waals surface area (Å²) in [4.78, 5) is 27.8. The molecule has 1 saturated heterocycles. The Kier molecular flexibility index (Phi) is 6.64. The van der Waals surface area contributed by atoms with Crippen LogP contribution in [0.15, 0.2) is 58.3 Å². The Balaban J connectivity index is 1.57.